The zero-order chi connectivity index (χ0) is 14.4. The first kappa shape index (κ1) is 14.3. The molecule has 102 valence electrons. The van der Waals surface area contributed by atoms with Crippen molar-refractivity contribution in [2.45, 2.75) is 18.2 Å². The van der Waals surface area contributed by atoms with E-state index < -0.39 is 0 Å². The van der Waals surface area contributed by atoms with Gasteiger partial charge < -0.3 is 0 Å². The van der Waals surface area contributed by atoms with Crippen molar-refractivity contribution in [3.63, 3.8) is 0 Å². The maximum Gasteiger partial charge on any atom is 0.262 e. The van der Waals surface area contributed by atoms with Crippen LogP contribution in [0.2, 0.25) is 0 Å². The van der Waals surface area contributed by atoms with Crippen molar-refractivity contribution in [1.82, 2.24) is 4.90 Å². The predicted molar refractivity (Wildman–Crippen MR) is 81.2 cm³/mol. The SMILES string of the molecule is CCC(=O)Sc1ccccc1C(=O)N1C=CC=CC=C1. The van der Waals surface area contributed by atoms with Crippen LogP contribution in [0, 0.1) is 0 Å². The molecule has 1 heterocycles. The molecule has 4 heteroatoms. The molecular formula is C16H15NO2S. The molecule has 1 aromatic carbocycles. The van der Waals surface area contributed by atoms with Gasteiger partial charge in [-0.25, -0.2) is 0 Å². The van der Waals surface area contributed by atoms with Gasteiger partial charge in [0.25, 0.3) is 5.91 Å². The van der Waals surface area contributed by atoms with Crippen molar-refractivity contribution in [1.29, 1.82) is 0 Å². The van der Waals surface area contributed by atoms with Gasteiger partial charge in [-0.1, -0.05) is 43.0 Å². The zero-order valence-corrected chi connectivity index (χ0v) is 12.0. The molecule has 0 aliphatic carbocycles. The summed E-state index contributed by atoms with van der Waals surface area (Å²) in [5.41, 5.74) is 0.538. The highest BCUT2D eigenvalue weighted by Gasteiger charge is 2.17. The van der Waals surface area contributed by atoms with E-state index in [2.05, 4.69) is 0 Å². The quantitative estimate of drug-likeness (QED) is 0.794. The maximum atomic E-state index is 12.5. The number of allylic oxidation sites excluding steroid dienone is 4. The van der Waals surface area contributed by atoms with Gasteiger partial charge in [0.05, 0.1) is 5.56 Å². The minimum absolute atomic E-state index is 0.0499. The lowest BCUT2D eigenvalue weighted by Gasteiger charge is -2.15. The van der Waals surface area contributed by atoms with E-state index in [1.807, 2.05) is 25.1 Å². The molecular weight excluding hydrogens is 270 g/mol. The Hall–Kier alpha value is -2.07. The Morgan fingerprint density at radius 3 is 2.35 bits per heavy atom. The van der Waals surface area contributed by atoms with E-state index in [1.54, 1.807) is 42.8 Å². The van der Waals surface area contributed by atoms with Gasteiger partial charge in [0.15, 0.2) is 5.12 Å². The molecule has 20 heavy (non-hydrogen) atoms. The highest BCUT2D eigenvalue weighted by molar-refractivity contribution is 8.13. The van der Waals surface area contributed by atoms with E-state index in [0.29, 0.717) is 16.9 Å². The van der Waals surface area contributed by atoms with Crippen molar-refractivity contribution in [3.8, 4) is 0 Å². The molecule has 0 N–H and O–H groups in total. The molecule has 0 spiro atoms. The number of amides is 1. The Labute approximate surface area is 122 Å². The molecule has 0 saturated heterocycles. The van der Waals surface area contributed by atoms with Crippen molar-refractivity contribution in [2.75, 3.05) is 0 Å². The minimum atomic E-state index is -0.145. The van der Waals surface area contributed by atoms with E-state index in [0.717, 1.165) is 11.8 Å². The molecule has 0 unspecified atom stereocenters. The number of hydrogen-bond donors (Lipinski definition) is 0. The first-order valence-corrected chi connectivity index (χ1v) is 7.18. The van der Waals surface area contributed by atoms with Gasteiger partial charge >= 0.3 is 0 Å². The van der Waals surface area contributed by atoms with Crippen LogP contribution in [0.4, 0.5) is 0 Å². The van der Waals surface area contributed by atoms with Gasteiger partial charge in [-0.15, -0.1) is 0 Å². The molecule has 1 aromatic rings. The third-order valence-corrected chi connectivity index (χ3v) is 3.78. The topological polar surface area (TPSA) is 37.4 Å². The summed E-state index contributed by atoms with van der Waals surface area (Å²) < 4.78 is 0. The van der Waals surface area contributed by atoms with Gasteiger partial charge in [0, 0.05) is 23.7 Å². The number of benzene rings is 1. The van der Waals surface area contributed by atoms with Crippen molar-refractivity contribution in [3.05, 3.63) is 66.5 Å². The Morgan fingerprint density at radius 2 is 1.70 bits per heavy atom. The van der Waals surface area contributed by atoms with Crippen LogP contribution in [-0.2, 0) is 4.79 Å². The summed E-state index contributed by atoms with van der Waals surface area (Å²) in [5, 5.41) is 0.0499. The molecule has 1 aliphatic rings. The second-order valence-electron chi connectivity index (χ2n) is 4.10. The first-order chi connectivity index (χ1) is 9.72. The van der Waals surface area contributed by atoms with Gasteiger partial charge in [-0.05, 0) is 24.3 Å². The lowest BCUT2D eigenvalue weighted by Crippen LogP contribution is -2.20. The largest absolute Gasteiger partial charge is 0.291 e. The van der Waals surface area contributed by atoms with Crippen LogP contribution in [0.25, 0.3) is 0 Å². The molecule has 0 saturated carbocycles. The molecule has 0 bridgehead atoms. The van der Waals surface area contributed by atoms with Crippen LogP contribution in [0.5, 0.6) is 0 Å². The average molecular weight is 285 g/mol. The lowest BCUT2D eigenvalue weighted by molar-refractivity contribution is -0.110. The summed E-state index contributed by atoms with van der Waals surface area (Å²) >= 11 is 1.12. The van der Waals surface area contributed by atoms with Crippen LogP contribution >= 0.6 is 11.8 Å². The number of hydrogen-bond acceptors (Lipinski definition) is 3. The number of carbonyl (C=O) groups is 2. The number of thioether (sulfide) groups is 1. The van der Waals surface area contributed by atoms with E-state index >= 15 is 0 Å². The van der Waals surface area contributed by atoms with E-state index in [-0.39, 0.29) is 11.0 Å². The Kier molecular flexibility index (Phi) is 4.96. The Balaban J connectivity index is 2.27. The van der Waals surface area contributed by atoms with E-state index in [9.17, 15) is 9.59 Å². The number of nitrogens with zero attached hydrogens (tertiary/aromatic N) is 1. The van der Waals surface area contributed by atoms with Crippen molar-refractivity contribution in [2.24, 2.45) is 0 Å². The zero-order valence-electron chi connectivity index (χ0n) is 11.2. The molecule has 0 fully saturated rings. The highest BCUT2D eigenvalue weighted by atomic mass is 32.2. The minimum Gasteiger partial charge on any atom is -0.291 e. The Bertz CT molecular complexity index is 586. The maximum absolute atomic E-state index is 12.5. The first-order valence-electron chi connectivity index (χ1n) is 6.36. The predicted octanol–water partition coefficient (Wildman–Crippen LogP) is 3.75. The van der Waals surface area contributed by atoms with Crippen LogP contribution in [0.15, 0.2) is 65.9 Å². The second-order valence-corrected chi connectivity index (χ2v) is 5.20. The van der Waals surface area contributed by atoms with Crippen LogP contribution < -0.4 is 0 Å². The molecule has 0 aromatic heterocycles. The van der Waals surface area contributed by atoms with Crippen molar-refractivity contribution >= 4 is 22.8 Å². The lowest BCUT2D eigenvalue weighted by atomic mass is 10.2. The smallest absolute Gasteiger partial charge is 0.262 e. The summed E-state index contributed by atoms with van der Waals surface area (Å²) in [6.45, 7) is 1.81. The normalized spacial score (nSPS) is 13.3. The molecule has 0 atom stereocenters. The number of carbonyl (C=O) groups excluding carboxylic acids is 2. The fraction of sp³-hybridized carbons (Fsp3) is 0.125. The fourth-order valence-corrected chi connectivity index (χ4v) is 2.47. The summed E-state index contributed by atoms with van der Waals surface area (Å²) in [4.78, 5) is 26.3. The highest BCUT2D eigenvalue weighted by Crippen LogP contribution is 2.25. The summed E-state index contributed by atoms with van der Waals surface area (Å²) in [7, 11) is 0. The van der Waals surface area contributed by atoms with Gasteiger partial charge in [-0.2, -0.15) is 0 Å². The molecule has 1 amide bonds. The third kappa shape index (κ3) is 3.48. The molecule has 1 aliphatic heterocycles. The summed E-state index contributed by atoms with van der Waals surface area (Å²) in [5.74, 6) is -0.145. The standard InChI is InChI=1S/C16H15NO2S/c1-2-15(18)20-14-10-6-5-9-13(14)16(19)17-11-7-3-4-8-12-17/h3-12H,2H2,1H3. The number of rotatable bonds is 3. The van der Waals surface area contributed by atoms with Crippen LogP contribution in [-0.4, -0.2) is 15.9 Å². The third-order valence-electron chi connectivity index (χ3n) is 2.69. The molecule has 3 nitrogen and oxygen atoms in total. The van der Waals surface area contributed by atoms with Gasteiger partial charge in [0.1, 0.15) is 0 Å². The van der Waals surface area contributed by atoms with Crippen LogP contribution in [0.3, 0.4) is 0 Å². The molecule has 0 radical (unpaired) electrons. The second kappa shape index (κ2) is 6.91. The van der Waals surface area contributed by atoms with Crippen molar-refractivity contribution < 1.29 is 9.59 Å². The van der Waals surface area contributed by atoms with E-state index in [1.165, 1.54) is 4.90 Å². The van der Waals surface area contributed by atoms with Gasteiger partial charge in [-0.3, -0.25) is 14.5 Å². The molecule has 2 rings (SSSR count). The summed E-state index contributed by atoms with van der Waals surface area (Å²) in [6.07, 6.45) is 11.1. The van der Waals surface area contributed by atoms with Gasteiger partial charge in [0.2, 0.25) is 0 Å². The average Bonchev–Trinajstić information content (AvgIpc) is 2.76. The summed E-state index contributed by atoms with van der Waals surface area (Å²) in [6, 6.07) is 7.18. The fourth-order valence-electron chi connectivity index (χ4n) is 1.66. The van der Waals surface area contributed by atoms with E-state index in [4.69, 9.17) is 0 Å². The Morgan fingerprint density at radius 1 is 1.05 bits per heavy atom. The van der Waals surface area contributed by atoms with Crippen LogP contribution in [0.1, 0.15) is 23.7 Å². The monoisotopic (exact) mass is 285 g/mol.